The first-order valence-corrected chi connectivity index (χ1v) is 7.83. The molecule has 0 aromatic carbocycles. The Kier molecular flexibility index (Phi) is 4.58. The first kappa shape index (κ1) is 14.1. The molecular weight excluding hydrogens is 256 g/mol. The van der Waals surface area contributed by atoms with Gasteiger partial charge in [0.1, 0.15) is 10.6 Å². The Labute approximate surface area is 118 Å². The average Bonchev–Trinajstić information content (AvgIpc) is 2.87. The van der Waals surface area contributed by atoms with Crippen LogP contribution in [-0.4, -0.2) is 23.1 Å². The first-order chi connectivity index (χ1) is 9.19. The summed E-state index contributed by atoms with van der Waals surface area (Å²) in [6.07, 6.45) is 2.39. The van der Waals surface area contributed by atoms with Crippen molar-refractivity contribution in [3.8, 4) is 0 Å². The standard InChI is InChI=1S/C14H22N4S/c1-4-10(5-2)9-18(6-3)12-11-7-8-19-13(11)17-14(15)16-12/h7-8,10H,4-6,9H2,1-3H3,(H2,15,16,17). The summed E-state index contributed by atoms with van der Waals surface area (Å²) in [6.45, 7) is 8.63. The van der Waals surface area contributed by atoms with Crippen LogP contribution in [0.1, 0.15) is 33.6 Å². The van der Waals surface area contributed by atoms with Gasteiger partial charge in [0.25, 0.3) is 0 Å². The van der Waals surface area contributed by atoms with Crippen molar-refractivity contribution < 1.29 is 0 Å². The lowest BCUT2D eigenvalue weighted by Gasteiger charge is -2.27. The van der Waals surface area contributed by atoms with Crippen LogP contribution in [0.25, 0.3) is 10.2 Å². The van der Waals surface area contributed by atoms with Gasteiger partial charge in [-0.1, -0.05) is 26.7 Å². The van der Waals surface area contributed by atoms with Crippen LogP contribution >= 0.6 is 11.3 Å². The normalized spacial score (nSPS) is 11.4. The number of rotatable bonds is 6. The van der Waals surface area contributed by atoms with Gasteiger partial charge in [-0.2, -0.15) is 4.98 Å². The molecule has 2 N–H and O–H groups in total. The van der Waals surface area contributed by atoms with Crippen LogP contribution in [0.2, 0.25) is 0 Å². The number of hydrogen-bond acceptors (Lipinski definition) is 5. The largest absolute Gasteiger partial charge is 0.368 e. The summed E-state index contributed by atoms with van der Waals surface area (Å²) in [5.41, 5.74) is 5.83. The van der Waals surface area contributed by atoms with E-state index in [9.17, 15) is 0 Å². The maximum absolute atomic E-state index is 5.83. The summed E-state index contributed by atoms with van der Waals surface area (Å²) in [6, 6.07) is 2.09. The second kappa shape index (κ2) is 6.19. The van der Waals surface area contributed by atoms with Crippen LogP contribution in [0, 0.1) is 5.92 Å². The number of nitrogen functional groups attached to an aromatic ring is 1. The Bertz CT molecular complexity index is 533. The zero-order valence-corrected chi connectivity index (χ0v) is 12.7. The third kappa shape index (κ3) is 2.97. The minimum Gasteiger partial charge on any atom is -0.368 e. The lowest BCUT2D eigenvalue weighted by molar-refractivity contribution is 0.485. The third-order valence-corrected chi connectivity index (χ3v) is 4.44. The lowest BCUT2D eigenvalue weighted by atomic mass is 10.0. The molecule has 0 saturated carbocycles. The van der Waals surface area contributed by atoms with Crippen LogP contribution in [0.15, 0.2) is 11.4 Å². The molecule has 0 aliphatic heterocycles. The molecule has 2 heterocycles. The van der Waals surface area contributed by atoms with E-state index in [-0.39, 0.29) is 0 Å². The summed E-state index contributed by atoms with van der Waals surface area (Å²) in [5, 5.41) is 3.17. The van der Waals surface area contributed by atoms with E-state index >= 15 is 0 Å². The van der Waals surface area contributed by atoms with E-state index in [0.29, 0.717) is 11.9 Å². The van der Waals surface area contributed by atoms with Gasteiger partial charge in [0.2, 0.25) is 5.95 Å². The van der Waals surface area contributed by atoms with Crippen molar-refractivity contribution in [1.82, 2.24) is 9.97 Å². The summed E-state index contributed by atoms with van der Waals surface area (Å²) in [5.74, 6) is 2.05. The van der Waals surface area contributed by atoms with Crippen LogP contribution in [0.3, 0.4) is 0 Å². The molecule has 0 spiro atoms. The predicted octanol–water partition coefficient (Wildman–Crippen LogP) is 3.54. The highest BCUT2D eigenvalue weighted by Crippen LogP contribution is 2.29. The molecule has 0 aliphatic carbocycles. The Hall–Kier alpha value is -1.36. The van der Waals surface area contributed by atoms with Gasteiger partial charge in [-0.15, -0.1) is 11.3 Å². The molecule has 0 amide bonds. The van der Waals surface area contributed by atoms with Gasteiger partial charge in [-0.25, -0.2) is 4.98 Å². The van der Waals surface area contributed by atoms with Crippen molar-refractivity contribution in [3.05, 3.63) is 11.4 Å². The van der Waals surface area contributed by atoms with E-state index in [1.165, 1.54) is 12.8 Å². The van der Waals surface area contributed by atoms with E-state index in [1.807, 2.05) is 5.38 Å². The molecule has 0 bridgehead atoms. The van der Waals surface area contributed by atoms with Crippen molar-refractivity contribution in [2.24, 2.45) is 5.92 Å². The molecule has 2 aromatic heterocycles. The average molecular weight is 278 g/mol. The predicted molar refractivity (Wildman–Crippen MR) is 83.8 cm³/mol. The Morgan fingerprint density at radius 3 is 2.63 bits per heavy atom. The molecular formula is C14H22N4S. The summed E-state index contributed by atoms with van der Waals surface area (Å²) in [4.78, 5) is 12.1. The minimum absolute atomic E-state index is 0.368. The van der Waals surface area contributed by atoms with Gasteiger partial charge < -0.3 is 10.6 Å². The van der Waals surface area contributed by atoms with E-state index in [2.05, 4.69) is 41.7 Å². The Morgan fingerprint density at radius 2 is 2.00 bits per heavy atom. The highest BCUT2D eigenvalue weighted by molar-refractivity contribution is 7.16. The molecule has 19 heavy (non-hydrogen) atoms. The van der Waals surface area contributed by atoms with Gasteiger partial charge in [0.15, 0.2) is 0 Å². The molecule has 4 nitrogen and oxygen atoms in total. The van der Waals surface area contributed by atoms with E-state index in [4.69, 9.17) is 5.73 Å². The van der Waals surface area contributed by atoms with Gasteiger partial charge in [-0.3, -0.25) is 0 Å². The van der Waals surface area contributed by atoms with Crippen molar-refractivity contribution in [1.29, 1.82) is 0 Å². The maximum atomic E-state index is 5.83. The molecule has 5 heteroatoms. The van der Waals surface area contributed by atoms with Gasteiger partial charge >= 0.3 is 0 Å². The molecule has 104 valence electrons. The number of anilines is 2. The lowest BCUT2D eigenvalue weighted by Crippen LogP contribution is -2.30. The number of nitrogens with zero attached hydrogens (tertiary/aromatic N) is 3. The van der Waals surface area contributed by atoms with Crippen molar-refractivity contribution in [2.75, 3.05) is 23.7 Å². The Morgan fingerprint density at radius 1 is 1.26 bits per heavy atom. The third-order valence-electron chi connectivity index (χ3n) is 3.64. The van der Waals surface area contributed by atoms with Crippen molar-refractivity contribution in [3.63, 3.8) is 0 Å². The quantitative estimate of drug-likeness (QED) is 0.878. The fraction of sp³-hybridized carbons (Fsp3) is 0.571. The molecule has 0 radical (unpaired) electrons. The number of thiophene rings is 1. The van der Waals surface area contributed by atoms with Crippen LogP contribution < -0.4 is 10.6 Å². The molecule has 0 aliphatic rings. The second-order valence-electron chi connectivity index (χ2n) is 4.77. The molecule has 2 aromatic rings. The summed E-state index contributed by atoms with van der Waals surface area (Å²) in [7, 11) is 0. The molecule has 0 unspecified atom stereocenters. The second-order valence-corrected chi connectivity index (χ2v) is 5.66. The van der Waals surface area contributed by atoms with Gasteiger partial charge in [-0.05, 0) is 24.3 Å². The molecule has 0 saturated heterocycles. The SMILES string of the molecule is CCC(CC)CN(CC)c1nc(N)nc2sccc12. The highest BCUT2D eigenvalue weighted by atomic mass is 32.1. The van der Waals surface area contributed by atoms with Crippen LogP contribution in [-0.2, 0) is 0 Å². The minimum atomic E-state index is 0.368. The van der Waals surface area contributed by atoms with E-state index < -0.39 is 0 Å². The molecule has 0 fully saturated rings. The first-order valence-electron chi connectivity index (χ1n) is 6.95. The van der Waals surface area contributed by atoms with Crippen LogP contribution in [0.4, 0.5) is 11.8 Å². The van der Waals surface area contributed by atoms with E-state index in [0.717, 1.165) is 29.1 Å². The zero-order chi connectivity index (χ0) is 13.8. The summed E-state index contributed by atoms with van der Waals surface area (Å²) < 4.78 is 0. The molecule has 0 atom stereocenters. The van der Waals surface area contributed by atoms with Crippen LogP contribution in [0.5, 0.6) is 0 Å². The van der Waals surface area contributed by atoms with Crippen molar-refractivity contribution in [2.45, 2.75) is 33.6 Å². The van der Waals surface area contributed by atoms with Crippen molar-refractivity contribution >= 4 is 33.3 Å². The topological polar surface area (TPSA) is 55.0 Å². The fourth-order valence-electron chi connectivity index (χ4n) is 2.32. The number of aromatic nitrogens is 2. The molecule has 2 rings (SSSR count). The van der Waals surface area contributed by atoms with Gasteiger partial charge in [0, 0.05) is 13.1 Å². The highest BCUT2D eigenvalue weighted by Gasteiger charge is 2.16. The monoisotopic (exact) mass is 278 g/mol. The maximum Gasteiger partial charge on any atom is 0.223 e. The number of nitrogens with two attached hydrogens (primary N) is 1. The fourth-order valence-corrected chi connectivity index (χ4v) is 3.09. The van der Waals surface area contributed by atoms with E-state index in [1.54, 1.807) is 11.3 Å². The zero-order valence-electron chi connectivity index (χ0n) is 11.9. The summed E-state index contributed by atoms with van der Waals surface area (Å²) >= 11 is 1.62. The smallest absolute Gasteiger partial charge is 0.223 e. The Balaban J connectivity index is 2.36. The van der Waals surface area contributed by atoms with Gasteiger partial charge in [0.05, 0.1) is 5.39 Å². The number of fused-ring (bicyclic) bond motifs is 1. The number of hydrogen-bond donors (Lipinski definition) is 1.